The smallest absolute Gasteiger partial charge is 0.0234 e. The van der Waals surface area contributed by atoms with E-state index in [9.17, 15) is 0 Å². The van der Waals surface area contributed by atoms with Crippen LogP contribution in [0.4, 0.5) is 0 Å². The number of hydrogen-bond donors (Lipinski definition) is 1. The molecule has 0 atom stereocenters. The largest absolute Gasteiger partial charge is 0.328 e. The van der Waals surface area contributed by atoms with Crippen molar-refractivity contribution >= 4 is 0 Å². The van der Waals surface area contributed by atoms with E-state index in [1.54, 1.807) is 0 Å². The summed E-state index contributed by atoms with van der Waals surface area (Å²) in [5.41, 5.74) is 7.29. The van der Waals surface area contributed by atoms with Gasteiger partial charge in [-0.3, -0.25) is 4.90 Å². The molecule has 0 aromatic heterocycles. The van der Waals surface area contributed by atoms with Crippen LogP contribution in [-0.4, -0.2) is 48.6 Å². The lowest BCUT2D eigenvalue weighted by Crippen LogP contribution is -2.50. The fraction of sp³-hybridized carbons (Fsp3) is 0.625. The second kappa shape index (κ2) is 6.04. The summed E-state index contributed by atoms with van der Waals surface area (Å²) in [5, 5.41) is 0. The van der Waals surface area contributed by atoms with Crippen LogP contribution in [0.5, 0.6) is 0 Å². The van der Waals surface area contributed by atoms with E-state index in [4.69, 9.17) is 5.73 Å². The lowest BCUT2D eigenvalue weighted by atomic mass is 9.80. The second-order valence-corrected chi connectivity index (χ2v) is 6.16. The molecule has 2 N–H and O–H groups in total. The standard InChI is InChI=1S/C16H25N3/c17-16-10-15(11-16)13-19-8-6-18(7-9-19)12-14-4-2-1-3-5-14/h1-5,15-16H,6-13,17H2. The summed E-state index contributed by atoms with van der Waals surface area (Å²) in [4.78, 5) is 5.19. The Morgan fingerprint density at radius 3 is 2.21 bits per heavy atom. The molecule has 0 spiro atoms. The van der Waals surface area contributed by atoms with Gasteiger partial charge in [-0.15, -0.1) is 0 Å². The fourth-order valence-electron chi connectivity index (χ4n) is 3.27. The van der Waals surface area contributed by atoms with Crippen LogP contribution in [0.2, 0.25) is 0 Å². The molecular formula is C16H25N3. The van der Waals surface area contributed by atoms with Crippen LogP contribution in [0.15, 0.2) is 30.3 Å². The number of benzene rings is 1. The van der Waals surface area contributed by atoms with Crippen molar-refractivity contribution < 1.29 is 0 Å². The zero-order chi connectivity index (χ0) is 13.1. The Labute approximate surface area is 116 Å². The molecule has 0 unspecified atom stereocenters. The van der Waals surface area contributed by atoms with Crippen molar-refractivity contribution in [3.8, 4) is 0 Å². The molecule has 1 saturated heterocycles. The molecule has 3 heteroatoms. The van der Waals surface area contributed by atoms with Crippen molar-refractivity contribution in [1.82, 2.24) is 9.80 Å². The molecule has 19 heavy (non-hydrogen) atoms. The van der Waals surface area contributed by atoms with Gasteiger partial charge in [0.25, 0.3) is 0 Å². The number of rotatable bonds is 4. The van der Waals surface area contributed by atoms with Crippen LogP contribution in [0, 0.1) is 5.92 Å². The molecule has 3 nitrogen and oxygen atoms in total. The molecule has 0 amide bonds. The van der Waals surface area contributed by atoms with Gasteiger partial charge in [-0.2, -0.15) is 0 Å². The van der Waals surface area contributed by atoms with E-state index in [1.807, 2.05) is 0 Å². The van der Waals surface area contributed by atoms with Crippen molar-refractivity contribution in [2.75, 3.05) is 32.7 Å². The monoisotopic (exact) mass is 259 g/mol. The minimum absolute atomic E-state index is 0.490. The lowest BCUT2D eigenvalue weighted by molar-refractivity contribution is 0.0910. The van der Waals surface area contributed by atoms with Gasteiger partial charge >= 0.3 is 0 Å². The zero-order valence-electron chi connectivity index (χ0n) is 11.7. The highest BCUT2D eigenvalue weighted by Crippen LogP contribution is 2.26. The summed E-state index contributed by atoms with van der Waals surface area (Å²) in [6.07, 6.45) is 2.48. The van der Waals surface area contributed by atoms with E-state index in [1.165, 1.54) is 51.1 Å². The molecule has 1 aliphatic carbocycles. The minimum atomic E-state index is 0.490. The highest BCUT2D eigenvalue weighted by Gasteiger charge is 2.28. The average Bonchev–Trinajstić information content (AvgIpc) is 2.40. The van der Waals surface area contributed by atoms with Crippen LogP contribution in [0.3, 0.4) is 0 Å². The summed E-state index contributed by atoms with van der Waals surface area (Å²) in [6, 6.07) is 11.3. The summed E-state index contributed by atoms with van der Waals surface area (Å²) in [5.74, 6) is 0.871. The Morgan fingerprint density at radius 1 is 0.947 bits per heavy atom. The van der Waals surface area contributed by atoms with E-state index in [-0.39, 0.29) is 0 Å². The first-order valence-electron chi connectivity index (χ1n) is 7.54. The first-order valence-corrected chi connectivity index (χ1v) is 7.54. The van der Waals surface area contributed by atoms with Crippen molar-refractivity contribution in [2.24, 2.45) is 11.7 Å². The molecule has 1 aromatic rings. The number of hydrogen-bond acceptors (Lipinski definition) is 3. The Bertz CT molecular complexity index is 378. The topological polar surface area (TPSA) is 32.5 Å². The summed E-state index contributed by atoms with van der Waals surface area (Å²) in [6.45, 7) is 7.22. The molecule has 1 aromatic carbocycles. The lowest BCUT2D eigenvalue weighted by Gasteiger charge is -2.40. The van der Waals surface area contributed by atoms with Gasteiger partial charge < -0.3 is 10.6 Å². The van der Waals surface area contributed by atoms with Crippen LogP contribution in [-0.2, 0) is 6.54 Å². The molecule has 104 valence electrons. The number of nitrogens with zero attached hydrogens (tertiary/aromatic N) is 2. The summed E-state index contributed by atoms with van der Waals surface area (Å²) in [7, 11) is 0. The second-order valence-electron chi connectivity index (χ2n) is 6.16. The Morgan fingerprint density at radius 2 is 1.58 bits per heavy atom. The van der Waals surface area contributed by atoms with Crippen molar-refractivity contribution in [3.63, 3.8) is 0 Å². The van der Waals surface area contributed by atoms with Gasteiger partial charge in [-0.05, 0) is 24.3 Å². The van der Waals surface area contributed by atoms with Crippen molar-refractivity contribution in [2.45, 2.75) is 25.4 Å². The minimum Gasteiger partial charge on any atom is -0.328 e. The quantitative estimate of drug-likeness (QED) is 0.890. The van der Waals surface area contributed by atoms with Crippen molar-refractivity contribution in [1.29, 1.82) is 0 Å². The van der Waals surface area contributed by atoms with Gasteiger partial charge in [-0.25, -0.2) is 0 Å². The molecule has 2 fully saturated rings. The molecule has 1 aliphatic heterocycles. The molecular weight excluding hydrogens is 234 g/mol. The van der Waals surface area contributed by atoms with Gasteiger partial charge in [0.05, 0.1) is 0 Å². The van der Waals surface area contributed by atoms with Gasteiger partial charge in [0, 0.05) is 45.3 Å². The first-order chi connectivity index (χ1) is 9.29. The predicted molar refractivity (Wildman–Crippen MR) is 78.9 cm³/mol. The van der Waals surface area contributed by atoms with Crippen LogP contribution in [0.1, 0.15) is 18.4 Å². The van der Waals surface area contributed by atoms with Crippen LogP contribution < -0.4 is 5.73 Å². The van der Waals surface area contributed by atoms with Gasteiger partial charge in [0.2, 0.25) is 0 Å². The van der Waals surface area contributed by atoms with Gasteiger partial charge in [0.1, 0.15) is 0 Å². The average molecular weight is 259 g/mol. The molecule has 1 saturated carbocycles. The third kappa shape index (κ3) is 3.56. The van der Waals surface area contributed by atoms with E-state index < -0.39 is 0 Å². The van der Waals surface area contributed by atoms with Gasteiger partial charge in [0.15, 0.2) is 0 Å². The third-order valence-corrected chi connectivity index (χ3v) is 4.50. The Balaban J connectivity index is 1.40. The Hall–Kier alpha value is -0.900. The summed E-state index contributed by atoms with van der Waals surface area (Å²) < 4.78 is 0. The number of nitrogens with two attached hydrogens (primary N) is 1. The Kier molecular flexibility index (Phi) is 4.16. The normalized spacial score (nSPS) is 29.1. The third-order valence-electron chi connectivity index (χ3n) is 4.50. The SMILES string of the molecule is NC1CC(CN2CCN(Cc3ccccc3)CC2)C1. The number of piperazine rings is 1. The van der Waals surface area contributed by atoms with Gasteiger partial charge in [-0.1, -0.05) is 30.3 Å². The predicted octanol–water partition coefficient (Wildman–Crippen LogP) is 1.54. The van der Waals surface area contributed by atoms with E-state index in [0.717, 1.165) is 12.5 Å². The van der Waals surface area contributed by atoms with Crippen LogP contribution >= 0.6 is 0 Å². The fourth-order valence-corrected chi connectivity index (χ4v) is 3.27. The molecule has 0 radical (unpaired) electrons. The highest BCUT2D eigenvalue weighted by atomic mass is 15.3. The maximum Gasteiger partial charge on any atom is 0.0234 e. The highest BCUT2D eigenvalue weighted by molar-refractivity contribution is 5.14. The van der Waals surface area contributed by atoms with Crippen molar-refractivity contribution in [3.05, 3.63) is 35.9 Å². The first kappa shape index (κ1) is 13.1. The maximum absolute atomic E-state index is 5.86. The maximum atomic E-state index is 5.86. The summed E-state index contributed by atoms with van der Waals surface area (Å²) >= 11 is 0. The van der Waals surface area contributed by atoms with E-state index in [0.29, 0.717) is 6.04 Å². The molecule has 1 heterocycles. The zero-order valence-corrected chi connectivity index (χ0v) is 11.7. The molecule has 3 rings (SSSR count). The van der Waals surface area contributed by atoms with E-state index in [2.05, 4.69) is 40.1 Å². The molecule has 0 bridgehead atoms. The molecule has 2 aliphatic rings. The van der Waals surface area contributed by atoms with Crippen LogP contribution in [0.25, 0.3) is 0 Å². The van der Waals surface area contributed by atoms with E-state index >= 15 is 0 Å².